The first-order chi connectivity index (χ1) is 7.58. The van der Waals surface area contributed by atoms with Gasteiger partial charge in [0.15, 0.2) is 0 Å². The fourth-order valence-corrected chi connectivity index (χ4v) is 1.49. The molecule has 0 bridgehead atoms. The summed E-state index contributed by atoms with van der Waals surface area (Å²) in [6.07, 6.45) is -0.439. The predicted molar refractivity (Wildman–Crippen MR) is 64.7 cm³/mol. The Morgan fingerprint density at radius 1 is 1.31 bits per heavy atom. The molecule has 1 aromatic carbocycles. The van der Waals surface area contributed by atoms with Crippen molar-refractivity contribution in [3.05, 3.63) is 17.2 Å². The topological polar surface area (TPSA) is 50.7 Å². The summed E-state index contributed by atoms with van der Waals surface area (Å²) in [5.41, 5.74) is 0.740. The first kappa shape index (κ1) is 12.9. The maximum Gasteiger partial charge on any atom is 0.143 e. The van der Waals surface area contributed by atoms with Crippen LogP contribution in [0.4, 0.5) is 5.69 Å². The Morgan fingerprint density at radius 3 is 2.44 bits per heavy atom. The zero-order valence-electron chi connectivity index (χ0n) is 9.58. The number of aliphatic hydroxyl groups is 1. The Bertz CT molecular complexity index is 355. The molecule has 0 radical (unpaired) electrons. The maximum absolute atomic E-state index is 9.20. The lowest BCUT2D eigenvalue weighted by Gasteiger charge is -2.14. The van der Waals surface area contributed by atoms with Gasteiger partial charge in [-0.3, -0.25) is 0 Å². The zero-order valence-corrected chi connectivity index (χ0v) is 10.3. The minimum absolute atomic E-state index is 0.432. The number of rotatable bonds is 5. The summed E-state index contributed by atoms with van der Waals surface area (Å²) >= 11 is 5.96. The van der Waals surface area contributed by atoms with Crippen LogP contribution in [0, 0.1) is 0 Å². The largest absolute Gasteiger partial charge is 0.495 e. The number of ether oxygens (including phenoxy) is 2. The molecule has 1 atom stereocenters. The van der Waals surface area contributed by atoms with Crippen LogP contribution in [-0.2, 0) is 0 Å². The summed E-state index contributed by atoms with van der Waals surface area (Å²) in [4.78, 5) is 0. The van der Waals surface area contributed by atoms with Crippen LogP contribution < -0.4 is 14.8 Å². The van der Waals surface area contributed by atoms with Gasteiger partial charge < -0.3 is 19.9 Å². The lowest BCUT2D eigenvalue weighted by molar-refractivity contribution is 0.208. The molecule has 0 amide bonds. The van der Waals surface area contributed by atoms with Gasteiger partial charge in [0.2, 0.25) is 0 Å². The van der Waals surface area contributed by atoms with Crippen molar-refractivity contribution in [3.8, 4) is 11.5 Å². The van der Waals surface area contributed by atoms with E-state index >= 15 is 0 Å². The molecule has 90 valence electrons. The standard InChI is InChI=1S/C11H16ClNO3/c1-7(14)6-13-9-5-10(15-2)8(12)4-11(9)16-3/h4-5,7,13-14H,6H2,1-3H3/t7-/m0/s1. The van der Waals surface area contributed by atoms with Crippen molar-refractivity contribution in [1.82, 2.24) is 0 Å². The highest BCUT2D eigenvalue weighted by molar-refractivity contribution is 6.32. The summed E-state index contributed by atoms with van der Waals surface area (Å²) in [6, 6.07) is 3.41. The molecule has 0 fully saturated rings. The van der Waals surface area contributed by atoms with E-state index in [9.17, 15) is 5.11 Å². The van der Waals surface area contributed by atoms with Gasteiger partial charge in [-0.25, -0.2) is 0 Å². The Labute approximate surface area is 100 Å². The van der Waals surface area contributed by atoms with Crippen LogP contribution in [0.2, 0.25) is 5.02 Å². The average molecular weight is 246 g/mol. The summed E-state index contributed by atoms with van der Waals surface area (Å²) in [5.74, 6) is 1.18. The Kier molecular flexibility index (Phi) is 4.71. The number of methoxy groups -OCH3 is 2. The van der Waals surface area contributed by atoms with E-state index in [1.807, 2.05) is 0 Å². The predicted octanol–water partition coefficient (Wildman–Crippen LogP) is 2.15. The normalized spacial score (nSPS) is 12.1. The van der Waals surface area contributed by atoms with E-state index < -0.39 is 6.10 Å². The SMILES string of the molecule is COc1cc(NC[C@H](C)O)c(OC)cc1Cl. The van der Waals surface area contributed by atoms with Gasteiger partial charge in [-0.15, -0.1) is 0 Å². The van der Waals surface area contributed by atoms with Gasteiger partial charge in [0.05, 0.1) is 31.0 Å². The third-order valence-electron chi connectivity index (χ3n) is 2.06. The molecule has 0 saturated carbocycles. The average Bonchev–Trinajstić information content (AvgIpc) is 2.26. The summed E-state index contributed by atoms with van der Waals surface area (Å²) < 4.78 is 10.3. The van der Waals surface area contributed by atoms with Gasteiger partial charge in [-0.2, -0.15) is 0 Å². The van der Waals surface area contributed by atoms with Crippen LogP contribution in [0.3, 0.4) is 0 Å². The van der Waals surface area contributed by atoms with Crippen LogP contribution in [0.5, 0.6) is 11.5 Å². The Hall–Kier alpha value is -1.13. The van der Waals surface area contributed by atoms with E-state index in [-0.39, 0.29) is 0 Å². The molecule has 16 heavy (non-hydrogen) atoms. The summed E-state index contributed by atoms with van der Waals surface area (Å²) in [6.45, 7) is 2.13. The van der Waals surface area contributed by atoms with E-state index in [1.165, 1.54) is 0 Å². The van der Waals surface area contributed by atoms with Crippen LogP contribution in [0.25, 0.3) is 0 Å². The molecule has 2 N–H and O–H groups in total. The maximum atomic E-state index is 9.20. The fraction of sp³-hybridized carbons (Fsp3) is 0.455. The van der Waals surface area contributed by atoms with Crippen LogP contribution in [0.1, 0.15) is 6.92 Å². The van der Waals surface area contributed by atoms with Crippen molar-refractivity contribution < 1.29 is 14.6 Å². The van der Waals surface area contributed by atoms with E-state index in [1.54, 1.807) is 33.3 Å². The number of nitrogens with one attached hydrogen (secondary N) is 1. The molecule has 1 aromatic rings. The number of halogens is 1. The van der Waals surface area contributed by atoms with Crippen LogP contribution >= 0.6 is 11.6 Å². The molecule has 0 aromatic heterocycles. The van der Waals surface area contributed by atoms with Crippen molar-refractivity contribution in [2.75, 3.05) is 26.1 Å². The highest BCUT2D eigenvalue weighted by Crippen LogP contribution is 2.35. The summed E-state index contributed by atoms with van der Waals surface area (Å²) in [5, 5.41) is 12.7. The van der Waals surface area contributed by atoms with Crippen molar-refractivity contribution >= 4 is 17.3 Å². The lowest BCUT2D eigenvalue weighted by Crippen LogP contribution is -2.15. The lowest BCUT2D eigenvalue weighted by atomic mass is 10.2. The minimum Gasteiger partial charge on any atom is -0.495 e. The van der Waals surface area contributed by atoms with Gasteiger partial charge in [0.1, 0.15) is 11.5 Å². The highest BCUT2D eigenvalue weighted by Gasteiger charge is 2.09. The molecular formula is C11H16ClNO3. The zero-order chi connectivity index (χ0) is 12.1. The first-order valence-corrected chi connectivity index (χ1v) is 5.29. The van der Waals surface area contributed by atoms with Crippen molar-refractivity contribution in [3.63, 3.8) is 0 Å². The molecule has 0 unspecified atom stereocenters. The van der Waals surface area contributed by atoms with E-state index in [2.05, 4.69) is 5.32 Å². The second-order valence-corrected chi connectivity index (χ2v) is 3.82. The molecule has 0 aliphatic rings. The molecule has 4 nitrogen and oxygen atoms in total. The van der Waals surface area contributed by atoms with Gasteiger partial charge in [0, 0.05) is 18.7 Å². The van der Waals surface area contributed by atoms with Gasteiger partial charge >= 0.3 is 0 Å². The van der Waals surface area contributed by atoms with Gasteiger partial charge in [-0.1, -0.05) is 11.6 Å². The van der Waals surface area contributed by atoms with E-state index in [4.69, 9.17) is 21.1 Å². The molecule has 0 aliphatic heterocycles. The third-order valence-corrected chi connectivity index (χ3v) is 2.36. The molecular weight excluding hydrogens is 230 g/mol. The molecule has 0 heterocycles. The minimum atomic E-state index is -0.439. The highest BCUT2D eigenvalue weighted by atomic mass is 35.5. The molecule has 1 rings (SSSR count). The molecule has 0 aliphatic carbocycles. The van der Waals surface area contributed by atoms with Crippen LogP contribution in [-0.4, -0.2) is 32.0 Å². The monoisotopic (exact) mass is 245 g/mol. The number of hydrogen-bond donors (Lipinski definition) is 2. The number of benzene rings is 1. The quantitative estimate of drug-likeness (QED) is 0.835. The Balaban J connectivity index is 2.95. The Morgan fingerprint density at radius 2 is 1.94 bits per heavy atom. The molecule has 0 spiro atoms. The smallest absolute Gasteiger partial charge is 0.143 e. The second kappa shape index (κ2) is 5.82. The third kappa shape index (κ3) is 3.18. The first-order valence-electron chi connectivity index (χ1n) is 4.92. The van der Waals surface area contributed by atoms with E-state index in [0.29, 0.717) is 23.1 Å². The second-order valence-electron chi connectivity index (χ2n) is 3.42. The molecule has 0 saturated heterocycles. The number of anilines is 1. The number of aliphatic hydroxyl groups excluding tert-OH is 1. The van der Waals surface area contributed by atoms with Crippen molar-refractivity contribution in [2.24, 2.45) is 0 Å². The molecule has 5 heteroatoms. The summed E-state index contributed by atoms with van der Waals surface area (Å²) in [7, 11) is 3.11. The van der Waals surface area contributed by atoms with Crippen molar-refractivity contribution in [1.29, 1.82) is 0 Å². The van der Waals surface area contributed by atoms with Gasteiger partial charge in [-0.05, 0) is 6.92 Å². The van der Waals surface area contributed by atoms with Gasteiger partial charge in [0.25, 0.3) is 0 Å². The fourth-order valence-electron chi connectivity index (χ4n) is 1.26. The van der Waals surface area contributed by atoms with Crippen molar-refractivity contribution in [2.45, 2.75) is 13.0 Å². The van der Waals surface area contributed by atoms with Crippen LogP contribution in [0.15, 0.2) is 12.1 Å². The number of hydrogen-bond acceptors (Lipinski definition) is 4. The van der Waals surface area contributed by atoms with E-state index in [0.717, 1.165) is 5.69 Å².